The van der Waals surface area contributed by atoms with Gasteiger partial charge in [0.15, 0.2) is 0 Å². The fraction of sp³-hybridized carbons (Fsp3) is 0.391. The average molecular weight is 471 g/mol. The van der Waals surface area contributed by atoms with E-state index in [2.05, 4.69) is 15.3 Å². The molecule has 2 aliphatic rings. The summed E-state index contributed by atoms with van der Waals surface area (Å²) in [6.07, 6.45) is 5.59. The van der Waals surface area contributed by atoms with Crippen molar-refractivity contribution in [3.63, 3.8) is 0 Å². The highest BCUT2D eigenvalue weighted by Gasteiger charge is 2.51. The molecule has 3 heterocycles. The maximum atomic E-state index is 14.4. The Labute approximate surface area is 194 Å². The van der Waals surface area contributed by atoms with Crippen LogP contribution in [0.5, 0.6) is 0 Å². The van der Waals surface area contributed by atoms with E-state index in [1.54, 1.807) is 40.8 Å². The van der Waals surface area contributed by atoms with Crippen molar-refractivity contribution < 1.29 is 14.0 Å². The summed E-state index contributed by atoms with van der Waals surface area (Å²) in [4.78, 5) is 36.5. The molecule has 0 bridgehead atoms. The molecule has 4 atom stereocenters. The molecule has 1 aromatic carbocycles. The third-order valence-corrected chi connectivity index (χ3v) is 7.18. The predicted octanol–water partition coefficient (Wildman–Crippen LogP) is 3.06. The van der Waals surface area contributed by atoms with Crippen LogP contribution in [0.3, 0.4) is 0 Å². The highest BCUT2D eigenvalue weighted by atomic mass is 35.5. The second-order valence-electron chi connectivity index (χ2n) is 8.77. The Morgan fingerprint density at radius 1 is 1.30 bits per heavy atom. The number of carbonyl (C=O) groups is 2. The van der Waals surface area contributed by atoms with Crippen LogP contribution in [0.1, 0.15) is 37.8 Å². The second-order valence-corrected chi connectivity index (χ2v) is 9.18. The number of fused-ring (bicyclic) bond motifs is 2. The molecule has 2 fully saturated rings. The number of nitrogens with one attached hydrogen (secondary N) is 1. The fourth-order valence-corrected chi connectivity index (χ4v) is 5.22. The summed E-state index contributed by atoms with van der Waals surface area (Å²) in [6, 6.07) is 5.35. The summed E-state index contributed by atoms with van der Waals surface area (Å²) in [6.45, 7) is 1.75. The molecule has 2 amide bonds. The number of likely N-dealkylation sites (tertiary alicyclic amines) is 1. The van der Waals surface area contributed by atoms with Gasteiger partial charge in [-0.3, -0.25) is 9.59 Å². The zero-order valence-electron chi connectivity index (χ0n) is 18.0. The Morgan fingerprint density at radius 2 is 2.12 bits per heavy atom. The van der Waals surface area contributed by atoms with E-state index in [9.17, 15) is 14.0 Å². The predicted molar refractivity (Wildman–Crippen MR) is 122 cm³/mol. The van der Waals surface area contributed by atoms with Gasteiger partial charge < -0.3 is 20.5 Å². The lowest BCUT2D eigenvalue weighted by Gasteiger charge is -2.37. The van der Waals surface area contributed by atoms with E-state index in [-0.39, 0.29) is 29.4 Å². The first-order chi connectivity index (χ1) is 15.8. The molecule has 172 valence electrons. The highest BCUT2D eigenvalue weighted by Crippen LogP contribution is 2.44. The van der Waals surface area contributed by atoms with E-state index < -0.39 is 17.9 Å². The number of anilines is 1. The van der Waals surface area contributed by atoms with E-state index in [1.165, 1.54) is 12.4 Å². The smallest absolute Gasteiger partial charge is 0.243 e. The molecule has 1 aliphatic carbocycles. The zero-order valence-corrected chi connectivity index (χ0v) is 18.8. The second kappa shape index (κ2) is 8.30. The maximum absolute atomic E-state index is 14.4. The topological polar surface area (TPSA) is 106 Å². The maximum Gasteiger partial charge on any atom is 0.243 e. The summed E-state index contributed by atoms with van der Waals surface area (Å²) in [5.74, 6) is -0.326. The Hall–Kier alpha value is -3.20. The normalized spacial score (nSPS) is 22.6. The van der Waals surface area contributed by atoms with E-state index in [4.69, 9.17) is 17.3 Å². The van der Waals surface area contributed by atoms with Gasteiger partial charge in [-0.15, -0.1) is 0 Å². The molecule has 8 nitrogen and oxygen atoms in total. The summed E-state index contributed by atoms with van der Waals surface area (Å²) in [5, 5.41) is 3.57. The monoisotopic (exact) mass is 470 g/mol. The van der Waals surface area contributed by atoms with Gasteiger partial charge >= 0.3 is 0 Å². The Balaban J connectivity index is 1.35. The summed E-state index contributed by atoms with van der Waals surface area (Å²) >= 11 is 5.89. The number of nitrogens with two attached hydrogens (primary N) is 1. The lowest BCUT2D eigenvalue weighted by molar-refractivity contribution is -0.142. The van der Waals surface area contributed by atoms with Crippen LogP contribution >= 0.6 is 11.6 Å². The molecule has 1 aliphatic heterocycles. The van der Waals surface area contributed by atoms with Gasteiger partial charge in [0.25, 0.3) is 0 Å². The van der Waals surface area contributed by atoms with Gasteiger partial charge in [-0.2, -0.15) is 0 Å². The lowest BCUT2D eigenvalue weighted by atomic mass is 9.80. The number of aromatic nitrogens is 3. The Bertz CT molecular complexity index is 1250. The van der Waals surface area contributed by atoms with Crippen molar-refractivity contribution in [1.82, 2.24) is 24.8 Å². The molecule has 3 aromatic rings. The molecule has 5 rings (SSSR count). The minimum atomic E-state index is -0.596. The minimum absolute atomic E-state index is 0.00714. The highest BCUT2D eigenvalue weighted by molar-refractivity contribution is 6.30. The quantitative estimate of drug-likeness (QED) is 0.596. The van der Waals surface area contributed by atoms with Crippen molar-refractivity contribution in [2.75, 3.05) is 5.73 Å². The van der Waals surface area contributed by atoms with Crippen LogP contribution in [0.15, 0.2) is 36.8 Å². The first-order valence-electron chi connectivity index (χ1n) is 11.0. The standard InChI is InChI=1S/C23H24ClFN6O2/c1-12(14-3-2-4-16(24)20(14)25)29-23(33)18-9-13-5-6-17(13)31(18)19(32)10-30-8-7-15-21(26)27-11-28-22(15)30/h2-4,7-8,11-13,17-18H,5-6,9-10H2,1H3,(H,29,33)(H2,26,27,28)/t12-,13+,17+,18-/m0/s1. The van der Waals surface area contributed by atoms with E-state index in [1.807, 2.05) is 0 Å². The molecule has 1 saturated carbocycles. The van der Waals surface area contributed by atoms with Crippen LogP contribution in [0, 0.1) is 11.7 Å². The number of hydrogen-bond donors (Lipinski definition) is 2. The van der Waals surface area contributed by atoms with Crippen LogP contribution in [-0.4, -0.2) is 43.3 Å². The fourth-order valence-electron chi connectivity index (χ4n) is 5.04. The number of nitrogens with zero attached hydrogens (tertiary/aromatic N) is 4. The Kier molecular flexibility index (Phi) is 5.44. The van der Waals surface area contributed by atoms with Crippen molar-refractivity contribution >= 4 is 40.3 Å². The Morgan fingerprint density at radius 3 is 2.88 bits per heavy atom. The van der Waals surface area contributed by atoms with Crippen molar-refractivity contribution in [1.29, 1.82) is 0 Å². The lowest BCUT2D eigenvalue weighted by Crippen LogP contribution is -2.52. The largest absolute Gasteiger partial charge is 0.383 e. The van der Waals surface area contributed by atoms with Gasteiger partial charge in [0, 0.05) is 17.8 Å². The first kappa shape index (κ1) is 21.6. The molecule has 2 aromatic heterocycles. The van der Waals surface area contributed by atoms with Crippen molar-refractivity contribution in [3.8, 4) is 0 Å². The molecular weight excluding hydrogens is 447 g/mol. The molecule has 0 radical (unpaired) electrons. The number of hydrogen-bond acceptors (Lipinski definition) is 5. The van der Waals surface area contributed by atoms with Crippen LogP contribution in [-0.2, 0) is 16.1 Å². The number of amides is 2. The van der Waals surface area contributed by atoms with Gasteiger partial charge in [0.2, 0.25) is 11.8 Å². The third-order valence-electron chi connectivity index (χ3n) is 6.89. The molecule has 3 N–H and O–H groups in total. The van der Waals surface area contributed by atoms with Gasteiger partial charge in [0.05, 0.1) is 16.5 Å². The number of rotatable bonds is 5. The van der Waals surface area contributed by atoms with Crippen LogP contribution in [0.25, 0.3) is 11.0 Å². The average Bonchev–Trinajstić information content (AvgIpc) is 3.29. The molecule has 0 unspecified atom stereocenters. The number of nitrogen functional groups attached to an aromatic ring is 1. The number of halogens is 2. The molecule has 10 heteroatoms. The van der Waals surface area contributed by atoms with E-state index >= 15 is 0 Å². The van der Waals surface area contributed by atoms with E-state index in [0.717, 1.165) is 12.8 Å². The number of benzene rings is 1. The number of carbonyl (C=O) groups excluding carboxylic acids is 2. The van der Waals surface area contributed by atoms with Gasteiger partial charge in [-0.05, 0) is 44.2 Å². The zero-order chi connectivity index (χ0) is 23.3. The molecular formula is C23H24ClFN6O2. The van der Waals surface area contributed by atoms with Gasteiger partial charge in [-0.1, -0.05) is 23.7 Å². The van der Waals surface area contributed by atoms with Crippen molar-refractivity contribution in [2.45, 2.75) is 50.9 Å². The molecule has 0 spiro atoms. The van der Waals surface area contributed by atoms with Crippen molar-refractivity contribution in [3.05, 3.63) is 53.2 Å². The summed E-state index contributed by atoms with van der Waals surface area (Å²) in [7, 11) is 0. The van der Waals surface area contributed by atoms with Gasteiger partial charge in [0.1, 0.15) is 36.2 Å². The molecule has 1 saturated heterocycles. The third kappa shape index (κ3) is 3.70. The van der Waals surface area contributed by atoms with Gasteiger partial charge in [-0.25, -0.2) is 14.4 Å². The SMILES string of the molecule is C[C@H](NC(=O)[C@@H]1C[C@H]2CC[C@H]2N1C(=O)Cn1ccc2c(N)ncnc21)c1cccc(Cl)c1F. The first-order valence-corrected chi connectivity index (χ1v) is 11.3. The van der Waals surface area contributed by atoms with Crippen LogP contribution < -0.4 is 11.1 Å². The van der Waals surface area contributed by atoms with Crippen LogP contribution in [0.2, 0.25) is 5.02 Å². The van der Waals surface area contributed by atoms with Crippen LogP contribution in [0.4, 0.5) is 10.2 Å². The molecule has 33 heavy (non-hydrogen) atoms. The minimum Gasteiger partial charge on any atom is -0.383 e. The van der Waals surface area contributed by atoms with Crippen molar-refractivity contribution in [2.24, 2.45) is 5.92 Å². The summed E-state index contributed by atoms with van der Waals surface area (Å²) in [5.41, 5.74) is 6.79. The summed E-state index contributed by atoms with van der Waals surface area (Å²) < 4.78 is 16.1. The van der Waals surface area contributed by atoms with E-state index in [0.29, 0.717) is 34.8 Å².